The lowest BCUT2D eigenvalue weighted by Gasteiger charge is -2.05. The van der Waals surface area contributed by atoms with Gasteiger partial charge in [0.25, 0.3) is 0 Å². The standard InChI is InChI=1S/C10H14N4O/c1-6(2)9-11-7-5-14(3)13-8(7)10(12-9)15-4/h5-6H,1-4H3. The van der Waals surface area contributed by atoms with Gasteiger partial charge in [-0.3, -0.25) is 4.68 Å². The molecule has 0 aliphatic rings. The molecular weight excluding hydrogens is 192 g/mol. The van der Waals surface area contributed by atoms with Crippen LogP contribution < -0.4 is 4.74 Å². The van der Waals surface area contributed by atoms with Crippen molar-refractivity contribution in [1.82, 2.24) is 19.7 Å². The molecular formula is C10H14N4O. The molecule has 5 nitrogen and oxygen atoms in total. The van der Waals surface area contributed by atoms with E-state index in [0.717, 1.165) is 11.3 Å². The van der Waals surface area contributed by atoms with Crippen molar-refractivity contribution in [3.63, 3.8) is 0 Å². The topological polar surface area (TPSA) is 52.8 Å². The third kappa shape index (κ3) is 1.65. The second kappa shape index (κ2) is 3.49. The van der Waals surface area contributed by atoms with Crippen molar-refractivity contribution in [3.8, 4) is 5.88 Å². The summed E-state index contributed by atoms with van der Waals surface area (Å²) in [5.41, 5.74) is 1.54. The van der Waals surface area contributed by atoms with Crippen LogP contribution in [0, 0.1) is 0 Å². The molecule has 0 amide bonds. The predicted octanol–water partition coefficient (Wildman–Crippen LogP) is 1.50. The third-order valence-electron chi connectivity index (χ3n) is 2.17. The van der Waals surface area contributed by atoms with Crippen molar-refractivity contribution in [2.75, 3.05) is 7.11 Å². The van der Waals surface area contributed by atoms with Gasteiger partial charge in [0.15, 0.2) is 5.52 Å². The molecule has 0 radical (unpaired) electrons. The fourth-order valence-corrected chi connectivity index (χ4v) is 1.42. The molecule has 0 aromatic carbocycles. The third-order valence-corrected chi connectivity index (χ3v) is 2.17. The summed E-state index contributed by atoms with van der Waals surface area (Å²) in [6.07, 6.45) is 1.87. The summed E-state index contributed by atoms with van der Waals surface area (Å²) >= 11 is 0. The molecule has 0 atom stereocenters. The molecule has 0 aliphatic carbocycles. The minimum absolute atomic E-state index is 0.281. The van der Waals surface area contributed by atoms with Crippen molar-refractivity contribution in [3.05, 3.63) is 12.0 Å². The lowest BCUT2D eigenvalue weighted by Crippen LogP contribution is -2.00. The zero-order chi connectivity index (χ0) is 11.0. The summed E-state index contributed by atoms with van der Waals surface area (Å²) in [5.74, 6) is 1.61. The van der Waals surface area contributed by atoms with Gasteiger partial charge in [0.05, 0.1) is 13.3 Å². The van der Waals surface area contributed by atoms with Crippen LogP contribution in [-0.4, -0.2) is 26.9 Å². The summed E-state index contributed by atoms with van der Waals surface area (Å²) in [6, 6.07) is 0. The molecule has 0 saturated heterocycles. The molecule has 15 heavy (non-hydrogen) atoms. The van der Waals surface area contributed by atoms with Gasteiger partial charge in [-0.05, 0) is 0 Å². The SMILES string of the molecule is COc1nc(C(C)C)nc2cn(C)nc12. The van der Waals surface area contributed by atoms with Gasteiger partial charge in [-0.1, -0.05) is 13.8 Å². The van der Waals surface area contributed by atoms with Gasteiger partial charge in [-0.15, -0.1) is 0 Å². The molecule has 0 fully saturated rings. The van der Waals surface area contributed by atoms with E-state index in [-0.39, 0.29) is 5.92 Å². The number of hydrogen-bond acceptors (Lipinski definition) is 4. The Hall–Kier alpha value is -1.65. The minimum atomic E-state index is 0.281. The summed E-state index contributed by atoms with van der Waals surface area (Å²) in [5, 5.41) is 4.25. The zero-order valence-electron chi connectivity index (χ0n) is 9.35. The molecule has 5 heteroatoms. The highest BCUT2D eigenvalue weighted by atomic mass is 16.5. The highest BCUT2D eigenvalue weighted by Gasteiger charge is 2.13. The molecule has 2 aromatic rings. The molecule has 2 rings (SSSR count). The smallest absolute Gasteiger partial charge is 0.245 e. The van der Waals surface area contributed by atoms with Crippen LogP contribution in [0.1, 0.15) is 25.6 Å². The van der Waals surface area contributed by atoms with Gasteiger partial charge >= 0.3 is 0 Å². The van der Waals surface area contributed by atoms with Gasteiger partial charge in [0.2, 0.25) is 5.88 Å². The van der Waals surface area contributed by atoms with Crippen LogP contribution in [0.3, 0.4) is 0 Å². The van der Waals surface area contributed by atoms with Crippen LogP contribution >= 0.6 is 0 Å². The van der Waals surface area contributed by atoms with E-state index in [0.29, 0.717) is 11.4 Å². The van der Waals surface area contributed by atoms with Crippen LogP contribution in [0.2, 0.25) is 0 Å². The number of rotatable bonds is 2. The minimum Gasteiger partial charge on any atom is -0.479 e. The number of fused-ring (bicyclic) bond motifs is 1. The van der Waals surface area contributed by atoms with Gasteiger partial charge in [-0.2, -0.15) is 10.1 Å². The van der Waals surface area contributed by atoms with Crippen LogP contribution in [0.15, 0.2) is 6.20 Å². The van der Waals surface area contributed by atoms with Crippen molar-refractivity contribution in [2.24, 2.45) is 7.05 Å². The summed E-state index contributed by atoms with van der Waals surface area (Å²) < 4.78 is 6.92. The maximum absolute atomic E-state index is 5.20. The van der Waals surface area contributed by atoms with Gasteiger partial charge < -0.3 is 4.74 Å². The van der Waals surface area contributed by atoms with Crippen LogP contribution in [0.25, 0.3) is 11.0 Å². The first-order valence-corrected chi connectivity index (χ1v) is 4.87. The Morgan fingerprint density at radius 1 is 1.33 bits per heavy atom. The van der Waals surface area contributed by atoms with Crippen molar-refractivity contribution >= 4 is 11.0 Å². The van der Waals surface area contributed by atoms with Crippen molar-refractivity contribution in [2.45, 2.75) is 19.8 Å². The maximum atomic E-state index is 5.20. The Bertz CT molecular complexity index is 489. The lowest BCUT2D eigenvalue weighted by atomic mass is 10.2. The van der Waals surface area contributed by atoms with Crippen LogP contribution in [0.4, 0.5) is 0 Å². The quantitative estimate of drug-likeness (QED) is 0.747. The predicted molar refractivity (Wildman–Crippen MR) is 56.9 cm³/mol. The molecule has 0 N–H and O–H groups in total. The van der Waals surface area contributed by atoms with Crippen LogP contribution in [0.5, 0.6) is 5.88 Å². The van der Waals surface area contributed by atoms with E-state index < -0.39 is 0 Å². The van der Waals surface area contributed by atoms with E-state index in [2.05, 4.69) is 28.9 Å². The summed E-state index contributed by atoms with van der Waals surface area (Å²) in [4.78, 5) is 8.75. The van der Waals surface area contributed by atoms with Crippen molar-refractivity contribution in [1.29, 1.82) is 0 Å². The Morgan fingerprint density at radius 3 is 2.67 bits per heavy atom. The fourth-order valence-electron chi connectivity index (χ4n) is 1.42. The van der Waals surface area contributed by atoms with E-state index in [1.54, 1.807) is 11.8 Å². The Kier molecular flexibility index (Phi) is 2.30. The molecule has 2 aromatic heterocycles. The van der Waals surface area contributed by atoms with Gasteiger partial charge in [0, 0.05) is 13.0 Å². The first-order chi connectivity index (χ1) is 7.11. The van der Waals surface area contributed by atoms with Crippen LogP contribution in [-0.2, 0) is 7.05 Å². The average molecular weight is 206 g/mol. The first kappa shape index (κ1) is 9.89. The second-order valence-electron chi connectivity index (χ2n) is 3.78. The number of aromatic nitrogens is 4. The monoisotopic (exact) mass is 206 g/mol. The number of ether oxygens (including phenoxy) is 1. The normalized spacial score (nSPS) is 11.3. The maximum Gasteiger partial charge on any atom is 0.245 e. The fraction of sp³-hybridized carbons (Fsp3) is 0.500. The van der Waals surface area contributed by atoms with Crippen molar-refractivity contribution < 1.29 is 4.74 Å². The Morgan fingerprint density at radius 2 is 2.07 bits per heavy atom. The first-order valence-electron chi connectivity index (χ1n) is 4.87. The largest absolute Gasteiger partial charge is 0.479 e. The van der Waals surface area contributed by atoms with E-state index in [1.165, 1.54) is 0 Å². The molecule has 2 heterocycles. The lowest BCUT2D eigenvalue weighted by molar-refractivity contribution is 0.398. The van der Waals surface area contributed by atoms with Gasteiger partial charge in [0.1, 0.15) is 11.3 Å². The molecule has 80 valence electrons. The van der Waals surface area contributed by atoms with Gasteiger partial charge in [-0.25, -0.2) is 4.98 Å². The number of hydrogen-bond donors (Lipinski definition) is 0. The summed E-state index contributed by atoms with van der Waals surface area (Å²) in [7, 11) is 3.46. The molecule has 0 unspecified atom stereocenters. The number of aryl methyl sites for hydroxylation is 1. The number of nitrogens with zero attached hydrogens (tertiary/aromatic N) is 4. The van der Waals surface area contributed by atoms with E-state index in [4.69, 9.17) is 4.74 Å². The Balaban J connectivity index is 2.70. The average Bonchev–Trinajstić information content (AvgIpc) is 2.56. The number of methoxy groups -OCH3 is 1. The molecule has 0 saturated carbocycles. The highest BCUT2D eigenvalue weighted by molar-refractivity contribution is 5.78. The molecule has 0 aliphatic heterocycles. The molecule has 0 bridgehead atoms. The van der Waals surface area contributed by atoms with E-state index >= 15 is 0 Å². The Labute approximate surface area is 88.1 Å². The molecule has 0 spiro atoms. The zero-order valence-corrected chi connectivity index (χ0v) is 9.35. The highest BCUT2D eigenvalue weighted by Crippen LogP contribution is 2.22. The summed E-state index contributed by atoms with van der Waals surface area (Å²) in [6.45, 7) is 4.11. The van der Waals surface area contributed by atoms with E-state index in [1.807, 2.05) is 13.2 Å². The second-order valence-corrected chi connectivity index (χ2v) is 3.78. The van der Waals surface area contributed by atoms with E-state index in [9.17, 15) is 0 Å².